The van der Waals surface area contributed by atoms with E-state index in [0.29, 0.717) is 23.7 Å². The lowest BCUT2D eigenvalue weighted by atomic mass is 9.80. The summed E-state index contributed by atoms with van der Waals surface area (Å²) in [5.74, 6) is -0.308. The summed E-state index contributed by atoms with van der Waals surface area (Å²) in [6.45, 7) is 0.631. The molecule has 1 saturated heterocycles. The fourth-order valence-electron chi connectivity index (χ4n) is 3.68. The average Bonchev–Trinajstić information content (AvgIpc) is 3.14. The number of hydrogen-bond donors (Lipinski definition) is 0. The summed E-state index contributed by atoms with van der Waals surface area (Å²) in [7, 11) is -1.92. The van der Waals surface area contributed by atoms with Gasteiger partial charge in [0, 0.05) is 56.1 Å². The van der Waals surface area contributed by atoms with Crippen LogP contribution in [-0.4, -0.2) is 46.1 Å². The molecule has 0 bridgehead atoms. The molecular formula is C21H21ClN4O3S. The fraction of sp³-hybridized carbons (Fsp3) is 0.286. The van der Waals surface area contributed by atoms with Crippen molar-refractivity contribution in [1.29, 1.82) is 0 Å². The molecule has 3 heterocycles. The maximum absolute atomic E-state index is 12.9. The molecule has 2 aromatic heterocycles. The minimum atomic E-state index is -3.64. The van der Waals surface area contributed by atoms with Gasteiger partial charge in [0.05, 0.1) is 11.3 Å². The minimum Gasteiger partial charge on any atom is -0.339 e. The van der Waals surface area contributed by atoms with Crippen LogP contribution in [0.4, 0.5) is 0 Å². The number of carbonyl (C=O) groups is 1. The molecule has 1 aliphatic rings. The first-order chi connectivity index (χ1) is 14.4. The first kappa shape index (κ1) is 20.7. The second kappa shape index (κ2) is 8.29. The number of rotatable bonds is 7. The van der Waals surface area contributed by atoms with Crippen molar-refractivity contribution in [1.82, 2.24) is 18.8 Å². The topological polar surface area (TPSA) is 85.2 Å². The number of benzene rings is 1. The molecule has 30 heavy (non-hydrogen) atoms. The predicted molar refractivity (Wildman–Crippen MR) is 113 cm³/mol. The van der Waals surface area contributed by atoms with Gasteiger partial charge < -0.3 is 4.57 Å². The molecule has 0 radical (unpaired) electrons. The lowest BCUT2D eigenvalue weighted by molar-refractivity contribution is 0.0929. The summed E-state index contributed by atoms with van der Waals surface area (Å²) in [4.78, 5) is 21.3. The van der Waals surface area contributed by atoms with E-state index in [0.717, 1.165) is 5.69 Å². The normalized spacial score (nSPS) is 16.2. The molecule has 0 saturated carbocycles. The number of aromatic nitrogens is 3. The third-order valence-corrected chi connectivity index (χ3v) is 7.42. The lowest BCUT2D eigenvalue weighted by Gasteiger charge is -2.41. The van der Waals surface area contributed by atoms with Gasteiger partial charge in [0.25, 0.3) is 10.0 Å². The Morgan fingerprint density at radius 3 is 2.53 bits per heavy atom. The number of Topliss-reactive ketones (excluding diaryl/α,β-unsaturated/α-hetero) is 1. The van der Waals surface area contributed by atoms with E-state index in [1.807, 2.05) is 18.2 Å². The van der Waals surface area contributed by atoms with Gasteiger partial charge in [0.1, 0.15) is 0 Å². The highest BCUT2D eigenvalue weighted by molar-refractivity contribution is 7.89. The third-order valence-electron chi connectivity index (χ3n) is 5.38. The zero-order valence-corrected chi connectivity index (χ0v) is 17.9. The highest BCUT2D eigenvalue weighted by Gasteiger charge is 2.43. The van der Waals surface area contributed by atoms with Crippen molar-refractivity contribution in [3.05, 3.63) is 77.5 Å². The van der Waals surface area contributed by atoms with E-state index in [2.05, 4.69) is 9.97 Å². The quantitative estimate of drug-likeness (QED) is 0.522. The number of hydrogen-bond acceptors (Lipinski definition) is 5. The van der Waals surface area contributed by atoms with Crippen LogP contribution in [0.1, 0.15) is 28.4 Å². The molecule has 0 spiro atoms. The van der Waals surface area contributed by atoms with Crippen LogP contribution in [-0.2, 0) is 17.1 Å². The van der Waals surface area contributed by atoms with Gasteiger partial charge >= 0.3 is 0 Å². The molecule has 4 rings (SSSR count). The molecule has 156 valence electrons. The van der Waals surface area contributed by atoms with Crippen LogP contribution in [0.2, 0.25) is 5.02 Å². The van der Waals surface area contributed by atoms with Crippen LogP contribution >= 0.6 is 11.6 Å². The van der Waals surface area contributed by atoms with Crippen molar-refractivity contribution in [2.45, 2.75) is 17.4 Å². The van der Waals surface area contributed by atoms with Gasteiger partial charge in [-0.15, -0.1) is 0 Å². The zero-order valence-electron chi connectivity index (χ0n) is 16.3. The number of halogens is 1. The summed E-state index contributed by atoms with van der Waals surface area (Å²) >= 11 is 6.20. The summed E-state index contributed by atoms with van der Waals surface area (Å²) in [5, 5.41) is 0.445. The molecule has 1 aliphatic heterocycles. The van der Waals surface area contributed by atoms with Gasteiger partial charge in [-0.3, -0.25) is 9.78 Å². The summed E-state index contributed by atoms with van der Waals surface area (Å²) in [5.41, 5.74) is 1.25. The second-order valence-electron chi connectivity index (χ2n) is 7.43. The minimum absolute atomic E-state index is 0.0233. The van der Waals surface area contributed by atoms with Gasteiger partial charge in [0.2, 0.25) is 0 Å². The summed E-state index contributed by atoms with van der Waals surface area (Å²) in [6, 6.07) is 12.5. The summed E-state index contributed by atoms with van der Waals surface area (Å²) < 4.78 is 28.5. The largest absolute Gasteiger partial charge is 0.339 e. The van der Waals surface area contributed by atoms with E-state index in [9.17, 15) is 13.2 Å². The maximum Gasteiger partial charge on any atom is 0.262 e. The van der Waals surface area contributed by atoms with Gasteiger partial charge in [0.15, 0.2) is 10.8 Å². The smallest absolute Gasteiger partial charge is 0.262 e. The van der Waals surface area contributed by atoms with E-state index in [1.54, 1.807) is 42.1 Å². The SMILES string of the molecule is Cn1cnc(S(=O)(=O)N2CC(C(CC(=O)c3ccccc3Cl)c3ccccn3)C2)c1. The van der Waals surface area contributed by atoms with E-state index in [1.165, 1.54) is 16.8 Å². The maximum atomic E-state index is 12.9. The van der Waals surface area contributed by atoms with Crippen LogP contribution in [0.15, 0.2) is 66.2 Å². The highest BCUT2D eigenvalue weighted by Crippen LogP contribution is 2.37. The Kier molecular flexibility index (Phi) is 5.73. The van der Waals surface area contributed by atoms with Crippen LogP contribution in [0.3, 0.4) is 0 Å². The number of carbonyl (C=O) groups excluding carboxylic acids is 1. The van der Waals surface area contributed by atoms with Crippen molar-refractivity contribution in [2.24, 2.45) is 13.0 Å². The van der Waals surface area contributed by atoms with E-state index in [-0.39, 0.29) is 29.1 Å². The Balaban J connectivity index is 1.54. The van der Waals surface area contributed by atoms with Crippen molar-refractivity contribution < 1.29 is 13.2 Å². The molecule has 1 fully saturated rings. The van der Waals surface area contributed by atoms with Crippen LogP contribution < -0.4 is 0 Å². The number of sulfonamides is 1. The van der Waals surface area contributed by atoms with Crippen molar-refractivity contribution in [3.63, 3.8) is 0 Å². The van der Waals surface area contributed by atoms with Crippen molar-refractivity contribution >= 4 is 27.4 Å². The molecule has 0 amide bonds. The monoisotopic (exact) mass is 444 g/mol. The van der Waals surface area contributed by atoms with Gasteiger partial charge in [-0.05, 0) is 30.2 Å². The van der Waals surface area contributed by atoms with Crippen molar-refractivity contribution in [2.75, 3.05) is 13.1 Å². The highest BCUT2D eigenvalue weighted by atomic mass is 35.5. The van der Waals surface area contributed by atoms with Gasteiger partial charge in [-0.25, -0.2) is 13.4 Å². The third kappa shape index (κ3) is 4.03. The number of pyridine rings is 1. The second-order valence-corrected chi connectivity index (χ2v) is 9.72. The Morgan fingerprint density at radius 2 is 1.90 bits per heavy atom. The first-order valence-corrected chi connectivity index (χ1v) is 11.3. The average molecular weight is 445 g/mol. The van der Waals surface area contributed by atoms with Crippen LogP contribution in [0.25, 0.3) is 0 Å². The zero-order chi connectivity index (χ0) is 21.3. The number of ketones is 1. The number of nitrogens with zero attached hydrogens (tertiary/aromatic N) is 4. The van der Waals surface area contributed by atoms with E-state index in [4.69, 9.17) is 11.6 Å². The summed E-state index contributed by atoms with van der Waals surface area (Å²) in [6.07, 6.45) is 4.84. The molecular weight excluding hydrogens is 424 g/mol. The fourth-order valence-corrected chi connectivity index (χ4v) is 5.44. The van der Waals surface area contributed by atoms with E-state index < -0.39 is 10.0 Å². The van der Waals surface area contributed by atoms with Crippen LogP contribution in [0, 0.1) is 5.92 Å². The number of aryl methyl sites for hydroxylation is 1. The molecule has 0 aliphatic carbocycles. The van der Waals surface area contributed by atoms with Gasteiger partial charge in [-0.2, -0.15) is 4.31 Å². The standard InChI is InChI=1S/C21H21ClN4O3S/c1-25-13-21(24-14-25)30(28,29)26-11-15(12-26)17(19-8-4-5-9-23-19)10-20(27)16-6-2-3-7-18(16)22/h2-9,13-15,17H,10-12H2,1H3. The van der Waals surface area contributed by atoms with E-state index >= 15 is 0 Å². The molecule has 1 aromatic carbocycles. The molecule has 7 nitrogen and oxygen atoms in total. The Labute approximate surface area is 180 Å². The molecule has 1 unspecified atom stereocenters. The predicted octanol–water partition coefficient (Wildman–Crippen LogP) is 3.15. The Bertz CT molecular complexity index is 1160. The molecule has 0 N–H and O–H groups in total. The first-order valence-electron chi connectivity index (χ1n) is 9.53. The lowest BCUT2D eigenvalue weighted by Crippen LogP contribution is -2.52. The van der Waals surface area contributed by atoms with Crippen LogP contribution in [0.5, 0.6) is 0 Å². The van der Waals surface area contributed by atoms with Crippen molar-refractivity contribution in [3.8, 4) is 0 Å². The molecule has 9 heteroatoms. The molecule has 1 atom stereocenters. The van der Waals surface area contributed by atoms with Gasteiger partial charge in [-0.1, -0.05) is 29.8 Å². The molecule has 3 aromatic rings. The Hall–Kier alpha value is -2.55. The number of imidazole rings is 1. The Morgan fingerprint density at radius 1 is 1.17 bits per heavy atom.